The van der Waals surface area contributed by atoms with Crippen molar-refractivity contribution in [3.8, 4) is 11.3 Å². The minimum absolute atomic E-state index is 0.0499. The first kappa shape index (κ1) is 20.4. The SMILES string of the molecule is O[C@H](c1cccnc1)c1cc(-c2ncnc3cc(N4CCOCC4)ccc23)c(F)cc1F. The molecular formula is C24H20F2N4O2. The summed E-state index contributed by atoms with van der Waals surface area (Å²) in [5.41, 5.74) is 2.43. The molecule has 0 unspecified atom stereocenters. The van der Waals surface area contributed by atoms with E-state index in [9.17, 15) is 13.9 Å². The number of aromatic nitrogens is 3. The van der Waals surface area contributed by atoms with Gasteiger partial charge in [-0.15, -0.1) is 0 Å². The highest BCUT2D eigenvalue weighted by Crippen LogP contribution is 2.34. The van der Waals surface area contributed by atoms with E-state index in [-0.39, 0.29) is 11.1 Å². The van der Waals surface area contributed by atoms with Crippen molar-refractivity contribution in [3.63, 3.8) is 0 Å². The van der Waals surface area contributed by atoms with Crippen LogP contribution in [0.1, 0.15) is 17.2 Å². The maximum absolute atomic E-state index is 14.9. The van der Waals surface area contributed by atoms with Gasteiger partial charge >= 0.3 is 0 Å². The molecule has 5 rings (SSSR count). The molecule has 2 aromatic carbocycles. The minimum Gasteiger partial charge on any atom is -0.383 e. The van der Waals surface area contributed by atoms with Crippen molar-refractivity contribution in [1.82, 2.24) is 15.0 Å². The van der Waals surface area contributed by atoms with Crippen LogP contribution >= 0.6 is 0 Å². The lowest BCUT2D eigenvalue weighted by atomic mass is 9.97. The molecule has 1 aliphatic heterocycles. The van der Waals surface area contributed by atoms with Crippen molar-refractivity contribution in [2.75, 3.05) is 31.2 Å². The fourth-order valence-corrected chi connectivity index (χ4v) is 3.95. The predicted octanol–water partition coefficient (Wildman–Crippen LogP) is 3.89. The number of anilines is 1. The topological polar surface area (TPSA) is 71.4 Å². The zero-order valence-electron chi connectivity index (χ0n) is 17.1. The van der Waals surface area contributed by atoms with E-state index in [1.165, 1.54) is 18.6 Å². The Balaban J connectivity index is 1.59. The zero-order chi connectivity index (χ0) is 22.1. The summed E-state index contributed by atoms with van der Waals surface area (Å²) in [4.78, 5) is 14.8. The number of hydrogen-bond donors (Lipinski definition) is 1. The summed E-state index contributed by atoms with van der Waals surface area (Å²) in [7, 11) is 0. The van der Waals surface area contributed by atoms with E-state index in [0.29, 0.717) is 35.4 Å². The standard InChI is InChI=1S/C24H20F2N4O2/c25-20-12-21(26)19(24(31)15-2-1-5-27-13-15)11-18(20)23-17-4-3-16(10-22(17)28-14-29-23)30-6-8-32-9-7-30/h1-5,10-14,24,31H,6-9H2/t24-/m1/s1. The maximum Gasteiger partial charge on any atom is 0.135 e. The van der Waals surface area contributed by atoms with Crippen LogP contribution in [0.2, 0.25) is 0 Å². The number of ether oxygens (including phenoxy) is 1. The van der Waals surface area contributed by atoms with Crippen LogP contribution in [-0.2, 0) is 4.74 Å². The molecule has 6 nitrogen and oxygen atoms in total. The second-order valence-corrected chi connectivity index (χ2v) is 7.57. The summed E-state index contributed by atoms with van der Waals surface area (Å²) in [6.07, 6.45) is 3.08. The van der Waals surface area contributed by atoms with Gasteiger partial charge in [-0.3, -0.25) is 4.98 Å². The fraction of sp³-hybridized carbons (Fsp3) is 0.208. The van der Waals surface area contributed by atoms with Gasteiger partial charge in [-0.25, -0.2) is 18.7 Å². The van der Waals surface area contributed by atoms with E-state index in [1.54, 1.807) is 18.3 Å². The summed E-state index contributed by atoms with van der Waals surface area (Å²) < 4.78 is 34.9. The molecule has 0 saturated carbocycles. The number of aliphatic hydroxyl groups is 1. The van der Waals surface area contributed by atoms with Crippen LogP contribution in [0.15, 0.2) is 61.2 Å². The first-order valence-electron chi connectivity index (χ1n) is 10.3. The first-order valence-corrected chi connectivity index (χ1v) is 10.3. The quantitative estimate of drug-likeness (QED) is 0.526. The van der Waals surface area contributed by atoms with Gasteiger partial charge in [0.1, 0.15) is 24.1 Å². The molecule has 0 amide bonds. The normalized spacial score (nSPS) is 15.2. The van der Waals surface area contributed by atoms with E-state index in [0.717, 1.165) is 24.8 Å². The Hall–Kier alpha value is -3.49. The highest BCUT2D eigenvalue weighted by Gasteiger charge is 2.21. The van der Waals surface area contributed by atoms with Crippen molar-refractivity contribution in [2.45, 2.75) is 6.10 Å². The second-order valence-electron chi connectivity index (χ2n) is 7.57. The monoisotopic (exact) mass is 434 g/mol. The van der Waals surface area contributed by atoms with Gasteiger partial charge in [0.25, 0.3) is 0 Å². The van der Waals surface area contributed by atoms with Crippen LogP contribution in [0.3, 0.4) is 0 Å². The summed E-state index contributed by atoms with van der Waals surface area (Å²) >= 11 is 0. The molecule has 32 heavy (non-hydrogen) atoms. The van der Waals surface area contributed by atoms with E-state index in [4.69, 9.17) is 4.74 Å². The molecule has 1 fully saturated rings. The Morgan fingerprint density at radius 3 is 2.62 bits per heavy atom. The second kappa shape index (κ2) is 8.57. The molecular weight excluding hydrogens is 414 g/mol. The van der Waals surface area contributed by atoms with E-state index >= 15 is 0 Å². The zero-order valence-corrected chi connectivity index (χ0v) is 17.1. The molecule has 2 aromatic heterocycles. The van der Waals surface area contributed by atoms with E-state index in [2.05, 4.69) is 19.9 Å². The molecule has 4 aromatic rings. The lowest BCUT2D eigenvalue weighted by molar-refractivity contribution is 0.122. The van der Waals surface area contributed by atoms with Gasteiger partial charge < -0.3 is 14.7 Å². The van der Waals surface area contributed by atoms with Crippen molar-refractivity contribution >= 4 is 16.6 Å². The average Bonchev–Trinajstić information content (AvgIpc) is 2.84. The molecule has 8 heteroatoms. The Labute approximate surface area is 183 Å². The molecule has 0 aliphatic carbocycles. The van der Waals surface area contributed by atoms with E-state index in [1.807, 2.05) is 18.2 Å². The fourth-order valence-electron chi connectivity index (χ4n) is 3.95. The number of halogens is 2. The number of benzene rings is 2. The largest absolute Gasteiger partial charge is 0.383 e. The van der Waals surface area contributed by atoms with E-state index < -0.39 is 17.7 Å². The van der Waals surface area contributed by atoms with Crippen molar-refractivity contribution in [1.29, 1.82) is 0 Å². The molecule has 0 bridgehead atoms. The van der Waals surface area contributed by atoms with Gasteiger partial charge in [0.15, 0.2) is 0 Å². The highest BCUT2D eigenvalue weighted by molar-refractivity contribution is 5.94. The van der Waals surface area contributed by atoms with Gasteiger partial charge in [-0.05, 0) is 30.3 Å². The number of morpholine rings is 1. The molecule has 3 heterocycles. The average molecular weight is 434 g/mol. The van der Waals surface area contributed by atoms with Gasteiger partial charge in [-0.2, -0.15) is 0 Å². The minimum atomic E-state index is -1.29. The third-order valence-corrected chi connectivity index (χ3v) is 5.63. The van der Waals surface area contributed by atoms with Crippen LogP contribution in [0, 0.1) is 11.6 Å². The summed E-state index contributed by atoms with van der Waals surface area (Å²) in [6, 6.07) is 11.1. The third-order valence-electron chi connectivity index (χ3n) is 5.63. The Bertz CT molecular complexity index is 1260. The number of rotatable bonds is 4. The van der Waals surface area contributed by atoms with Gasteiger partial charge in [-0.1, -0.05) is 6.07 Å². The molecule has 0 spiro atoms. The van der Waals surface area contributed by atoms with Crippen LogP contribution in [-0.4, -0.2) is 46.4 Å². The first-order chi connectivity index (χ1) is 15.6. The highest BCUT2D eigenvalue weighted by atomic mass is 19.1. The summed E-state index contributed by atoms with van der Waals surface area (Å²) in [5.74, 6) is -1.60. The molecule has 1 aliphatic rings. The van der Waals surface area contributed by atoms with Crippen molar-refractivity contribution in [3.05, 3.63) is 83.9 Å². The molecule has 1 saturated heterocycles. The molecule has 162 valence electrons. The van der Waals surface area contributed by atoms with Crippen LogP contribution in [0.5, 0.6) is 0 Å². The third kappa shape index (κ3) is 3.79. The van der Waals surface area contributed by atoms with Crippen molar-refractivity contribution < 1.29 is 18.6 Å². The summed E-state index contributed by atoms with van der Waals surface area (Å²) in [6.45, 7) is 2.89. The lowest BCUT2D eigenvalue weighted by Crippen LogP contribution is -2.36. The van der Waals surface area contributed by atoms with Crippen molar-refractivity contribution in [2.24, 2.45) is 0 Å². The lowest BCUT2D eigenvalue weighted by Gasteiger charge is -2.29. The van der Waals surface area contributed by atoms with Crippen LogP contribution in [0.4, 0.5) is 14.5 Å². The van der Waals surface area contributed by atoms with Gasteiger partial charge in [0, 0.05) is 59.3 Å². The number of nitrogens with zero attached hydrogens (tertiary/aromatic N) is 4. The maximum atomic E-state index is 14.9. The molecule has 0 radical (unpaired) electrons. The molecule has 1 N–H and O–H groups in total. The Kier molecular flexibility index (Phi) is 5.46. The van der Waals surface area contributed by atoms with Crippen LogP contribution < -0.4 is 4.90 Å². The number of fused-ring (bicyclic) bond motifs is 1. The Morgan fingerprint density at radius 1 is 1.00 bits per heavy atom. The predicted molar refractivity (Wildman–Crippen MR) is 116 cm³/mol. The smallest absolute Gasteiger partial charge is 0.135 e. The number of aliphatic hydroxyl groups excluding tert-OH is 1. The van der Waals surface area contributed by atoms with Crippen LogP contribution in [0.25, 0.3) is 22.2 Å². The molecule has 1 atom stereocenters. The van der Waals surface area contributed by atoms with Gasteiger partial charge in [0.05, 0.1) is 24.4 Å². The number of hydrogen-bond acceptors (Lipinski definition) is 6. The number of pyridine rings is 1. The summed E-state index contributed by atoms with van der Waals surface area (Å²) in [5, 5.41) is 11.3. The van der Waals surface area contributed by atoms with Gasteiger partial charge in [0.2, 0.25) is 0 Å². The Morgan fingerprint density at radius 2 is 1.84 bits per heavy atom.